The van der Waals surface area contributed by atoms with E-state index < -0.39 is 0 Å². The summed E-state index contributed by atoms with van der Waals surface area (Å²) >= 11 is 0. The third kappa shape index (κ3) is 2.26. The molecule has 0 spiro atoms. The number of rotatable bonds is 3. The lowest BCUT2D eigenvalue weighted by atomic mass is 10.2. The van der Waals surface area contributed by atoms with Crippen LogP contribution in [0, 0.1) is 0 Å². The van der Waals surface area contributed by atoms with Gasteiger partial charge < -0.3 is 9.88 Å². The Morgan fingerprint density at radius 1 is 1.09 bits per heavy atom. The molecule has 1 fully saturated rings. The van der Waals surface area contributed by atoms with Gasteiger partial charge in [-0.05, 0) is 24.1 Å². The minimum atomic E-state index is 0.0418. The fraction of sp³-hybridized carbons (Fsp3) is 0.222. The second-order valence-corrected chi connectivity index (χ2v) is 5.70. The highest BCUT2D eigenvalue weighted by Gasteiger charge is 2.33. The summed E-state index contributed by atoms with van der Waals surface area (Å²) < 4.78 is 0. The Hall–Kier alpha value is -2.62. The van der Waals surface area contributed by atoms with Gasteiger partial charge in [-0.2, -0.15) is 0 Å². The van der Waals surface area contributed by atoms with Crippen LogP contribution >= 0.6 is 0 Å². The molecule has 4 heteroatoms. The van der Waals surface area contributed by atoms with Crippen LogP contribution in [-0.2, 0) is 11.3 Å². The summed E-state index contributed by atoms with van der Waals surface area (Å²) in [6, 6.07) is 18.1. The molecule has 1 saturated heterocycles. The number of likely N-dealkylation sites (tertiary alicyclic amines) is 1. The molecular formula is C18H17N3O. The Kier molecular flexibility index (Phi) is 3.15. The minimum absolute atomic E-state index is 0.0418. The van der Waals surface area contributed by atoms with E-state index in [2.05, 4.69) is 22.1 Å². The SMILES string of the molecule is O=C1CCC(c2nc3ccccc3[nH]2)N1Cc1ccccc1. The molecule has 1 amide bonds. The predicted octanol–water partition coefficient (Wildman–Crippen LogP) is 3.43. The van der Waals surface area contributed by atoms with Gasteiger partial charge in [0.15, 0.2) is 0 Å². The van der Waals surface area contributed by atoms with E-state index >= 15 is 0 Å². The van der Waals surface area contributed by atoms with Gasteiger partial charge in [0.05, 0.1) is 17.1 Å². The molecule has 22 heavy (non-hydrogen) atoms. The number of amides is 1. The first-order chi connectivity index (χ1) is 10.8. The van der Waals surface area contributed by atoms with E-state index in [1.807, 2.05) is 47.4 Å². The summed E-state index contributed by atoms with van der Waals surface area (Å²) in [4.78, 5) is 22.2. The molecule has 0 saturated carbocycles. The quantitative estimate of drug-likeness (QED) is 0.803. The lowest BCUT2D eigenvalue weighted by Gasteiger charge is -2.23. The topological polar surface area (TPSA) is 49.0 Å². The number of nitrogens with one attached hydrogen (secondary N) is 1. The molecule has 1 aliphatic heterocycles. The van der Waals surface area contributed by atoms with Crippen molar-refractivity contribution in [2.75, 3.05) is 0 Å². The Bertz CT molecular complexity index is 776. The van der Waals surface area contributed by atoms with Crippen molar-refractivity contribution in [3.05, 3.63) is 66.0 Å². The number of fused-ring (bicyclic) bond motifs is 1. The zero-order chi connectivity index (χ0) is 14.9. The van der Waals surface area contributed by atoms with Gasteiger partial charge in [-0.25, -0.2) is 4.98 Å². The Morgan fingerprint density at radius 3 is 2.68 bits per heavy atom. The summed E-state index contributed by atoms with van der Waals surface area (Å²) in [7, 11) is 0. The van der Waals surface area contributed by atoms with Crippen LogP contribution in [0.5, 0.6) is 0 Å². The van der Waals surface area contributed by atoms with E-state index in [-0.39, 0.29) is 11.9 Å². The standard InChI is InChI=1S/C18H17N3O/c22-17-11-10-16(21(17)12-13-6-2-1-3-7-13)18-19-14-8-4-5-9-15(14)20-18/h1-9,16H,10-12H2,(H,19,20). The van der Waals surface area contributed by atoms with E-state index in [0.29, 0.717) is 13.0 Å². The van der Waals surface area contributed by atoms with Gasteiger partial charge in [-0.15, -0.1) is 0 Å². The molecule has 4 nitrogen and oxygen atoms in total. The second-order valence-electron chi connectivity index (χ2n) is 5.70. The Morgan fingerprint density at radius 2 is 1.86 bits per heavy atom. The summed E-state index contributed by atoms with van der Waals surface area (Å²) in [6.45, 7) is 0.640. The highest BCUT2D eigenvalue weighted by Crippen LogP contribution is 2.33. The van der Waals surface area contributed by atoms with Crippen molar-refractivity contribution in [2.24, 2.45) is 0 Å². The van der Waals surface area contributed by atoms with Crippen molar-refractivity contribution >= 4 is 16.9 Å². The van der Waals surface area contributed by atoms with Crippen molar-refractivity contribution in [3.63, 3.8) is 0 Å². The summed E-state index contributed by atoms with van der Waals surface area (Å²) in [5.41, 5.74) is 3.13. The van der Waals surface area contributed by atoms with Crippen LogP contribution in [0.3, 0.4) is 0 Å². The maximum Gasteiger partial charge on any atom is 0.223 e. The largest absolute Gasteiger partial charge is 0.340 e. The molecule has 1 unspecified atom stereocenters. The first kappa shape index (κ1) is 13.1. The number of hydrogen-bond donors (Lipinski definition) is 1. The van der Waals surface area contributed by atoms with Gasteiger partial charge in [0.2, 0.25) is 5.91 Å². The van der Waals surface area contributed by atoms with Crippen LogP contribution < -0.4 is 0 Å². The molecule has 110 valence electrons. The highest BCUT2D eigenvalue weighted by atomic mass is 16.2. The van der Waals surface area contributed by atoms with Gasteiger partial charge in [0.1, 0.15) is 5.82 Å². The van der Waals surface area contributed by atoms with Gasteiger partial charge in [-0.1, -0.05) is 42.5 Å². The van der Waals surface area contributed by atoms with Crippen molar-refractivity contribution < 1.29 is 4.79 Å². The van der Waals surface area contributed by atoms with Gasteiger partial charge in [0.25, 0.3) is 0 Å². The first-order valence-electron chi connectivity index (χ1n) is 7.59. The predicted molar refractivity (Wildman–Crippen MR) is 85.1 cm³/mol. The maximum absolute atomic E-state index is 12.3. The average molecular weight is 291 g/mol. The number of carbonyl (C=O) groups is 1. The Balaban J connectivity index is 1.66. The van der Waals surface area contributed by atoms with Crippen LogP contribution in [0.1, 0.15) is 30.3 Å². The number of benzene rings is 2. The molecule has 1 aromatic heterocycles. The van der Waals surface area contributed by atoms with E-state index in [0.717, 1.165) is 28.8 Å². The van der Waals surface area contributed by atoms with Crippen LogP contribution in [0.2, 0.25) is 0 Å². The number of aromatic amines is 1. The van der Waals surface area contributed by atoms with Crippen molar-refractivity contribution in [1.82, 2.24) is 14.9 Å². The number of hydrogen-bond acceptors (Lipinski definition) is 2. The van der Waals surface area contributed by atoms with Gasteiger partial charge in [0, 0.05) is 13.0 Å². The number of carbonyl (C=O) groups excluding carboxylic acids is 1. The van der Waals surface area contributed by atoms with Crippen molar-refractivity contribution in [2.45, 2.75) is 25.4 Å². The van der Waals surface area contributed by atoms with Crippen LogP contribution in [0.4, 0.5) is 0 Å². The average Bonchev–Trinajstić information content (AvgIpc) is 3.12. The van der Waals surface area contributed by atoms with Crippen LogP contribution in [0.25, 0.3) is 11.0 Å². The third-order valence-corrected chi connectivity index (χ3v) is 4.25. The molecule has 0 aliphatic carbocycles. The summed E-state index contributed by atoms with van der Waals surface area (Å²) in [6.07, 6.45) is 1.42. The summed E-state index contributed by atoms with van der Waals surface area (Å²) in [5, 5.41) is 0. The number of H-pyrrole nitrogens is 1. The molecule has 1 atom stereocenters. The van der Waals surface area contributed by atoms with Gasteiger partial charge >= 0.3 is 0 Å². The van der Waals surface area contributed by atoms with E-state index in [9.17, 15) is 4.79 Å². The number of imidazole rings is 1. The number of aromatic nitrogens is 2. The molecule has 2 aromatic carbocycles. The minimum Gasteiger partial charge on any atom is -0.340 e. The van der Waals surface area contributed by atoms with E-state index in [1.165, 1.54) is 0 Å². The zero-order valence-corrected chi connectivity index (χ0v) is 12.2. The molecule has 0 bridgehead atoms. The van der Waals surface area contributed by atoms with Crippen molar-refractivity contribution in [3.8, 4) is 0 Å². The smallest absolute Gasteiger partial charge is 0.223 e. The fourth-order valence-electron chi connectivity index (χ4n) is 3.13. The van der Waals surface area contributed by atoms with Crippen LogP contribution in [0.15, 0.2) is 54.6 Å². The van der Waals surface area contributed by atoms with E-state index in [4.69, 9.17) is 0 Å². The van der Waals surface area contributed by atoms with Gasteiger partial charge in [-0.3, -0.25) is 4.79 Å². The molecule has 4 rings (SSSR count). The van der Waals surface area contributed by atoms with Crippen LogP contribution in [-0.4, -0.2) is 20.8 Å². The van der Waals surface area contributed by atoms with E-state index in [1.54, 1.807) is 0 Å². The lowest BCUT2D eigenvalue weighted by molar-refractivity contribution is -0.129. The maximum atomic E-state index is 12.3. The van der Waals surface area contributed by atoms with Crippen molar-refractivity contribution in [1.29, 1.82) is 0 Å². The summed E-state index contributed by atoms with van der Waals surface area (Å²) in [5.74, 6) is 1.09. The molecule has 1 N–H and O–H groups in total. The fourth-order valence-corrected chi connectivity index (χ4v) is 3.13. The normalized spacial score (nSPS) is 18.3. The molecule has 1 aliphatic rings. The number of para-hydroxylation sites is 2. The Labute approximate surface area is 128 Å². The number of nitrogens with zero attached hydrogens (tertiary/aromatic N) is 2. The molecule has 3 aromatic rings. The second kappa shape index (κ2) is 5.30. The highest BCUT2D eigenvalue weighted by molar-refractivity contribution is 5.80. The molecule has 2 heterocycles. The monoisotopic (exact) mass is 291 g/mol. The first-order valence-corrected chi connectivity index (χ1v) is 7.59. The third-order valence-electron chi connectivity index (χ3n) is 4.25. The molecule has 0 radical (unpaired) electrons. The molecular weight excluding hydrogens is 274 g/mol. The lowest BCUT2D eigenvalue weighted by Crippen LogP contribution is -2.27. The zero-order valence-electron chi connectivity index (χ0n) is 12.2.